The molecule has 0 unspecified atom stereocenters. The molecule has 0 bridgehead atoms. The van der Waals surface area contributed by atoms with Gasteiger partial charge in [0.05, 0.1) is 4.92 Å². The zero-order valence-corrected chi connectivity index (χ0v) is 11.5. The summed E-state index contributed by atoms with van der Waals surface area (Å²) in [6.45, 7) is 0. The van der Waals surface area contributed by atoms with E-state index < -0.39 is 28.2 Å². The van der Waals surface area contributed by atoms with Crippen LogP contribution in [0.2, 0.25) is 0 Å². The fourth-order valence-corrected chi connectivity index (χ4v) is 1.86. The number of phenolic OH excluding ortho intramolecular Hbond substituents is 1. The van der Waals surface area contributed by atoms with E-state index in [2.05, 4.69) is 5.32 Å². The van der Waals surface area contributed by atoms with Crippen LogP contribution in [-0.2, 0) is 9.59 Å². The number of carbonyl (C=O) groups is 2. The second-order valence-corrected chi connectivity index (χ2v) is 4.57. The second-order valence-electron chi connectivity index (χ2n) is 4.19. The molecular formula is C12H9N3O5S. The predicted molar refractivity (Wildman–Crippen MR) is 76.2 cm³/mol. The van der Waals surface area contributed by atoms with E-state index >= 15 is 0 Å². The average Bonchev–Trinajstić information content (AvgIpc) is 2.42. The minimum atomic E-state index is -0.763. The first-order valence-corrected chi connectivity index (χ1v) is 6.04. The first-order valence-electron chi connectivity index (χ1n) is 5.63. The summed E-state index contributed by atoms with van der Waals surface area (Å²) in [7, 11) is 1.40. The van der Waals surface area contributed by atoms with Gasteiger partial charge in [-0.2, -0.15) is 0 Å². The molecule has 108 valence electrons. The molecule has 1 aliphatic rings. The molecule has 2 amide bonds. The van der Waals surface area contributed by atoms with Crippen LogP contribution in [-0.4, -0.2) is 38.9 Å². The Hall–Kier alpha value is -2.81. The van der Waals surface area contributed by atoms with E-state index in [0.717, 1.165) is 17.0 Å². The lowest BCUT2D eigenvalue weighted by atomic mass is 10.1. The highest BCUT2D eigenvalue weighted by atomic mass is 32.1. The second kappa shape index (κ2) is 5.29. The molecule has 21 heavy (non-hydrogen) atoms. The number of nitro groups is 1. The fourth-order valence-electron chi connectivity index (χ4n) is 1.69. The fraction of sp³-hybridized carbons (Fsp3) is 0.0833. The highest BCUT2D eigenvalue weighted by Gasteiger charge is 2.30. The van der Waals surface area contributed by atoms with Crippen molar-refractivity contribution >= 4 is 40.9 Å². The number of phenols is 1. The normalized spacial score (nSPS) is 17.1. The van der Waals surface area contributed by atoms with Gasteiger partial charge < -0.3 is 5.11 Å². The van der Waals surface area contributed by atoms with Gasteiger partial charge in [0.15, 0.2) is 10.9 Å². The molecule has 1 heterocycles. The number of thiocarbonyl (C=S) groups is 1. The lowest BCUT2D eigenvalue weighted by Gasteiger charge is -2.24. The van der Waals surface area contributed by atoms with E-state index in [-0.39, 0.29) is 16.2 Å². The first-order chi connectivity index (χ1) is 9.81. The molecular weight excluding hydrogens is 298 g/mol. The van der Waals surface area contributed by atoms with Crippen LogP contribution in [0.3, 0.4) is 0 Å². The Kier molecular flexibility index (Phi) is 3.68. The number of rotatable bonds is 2. The number of hydrogen-bond acceptors (Lipinski definition) is 6. The Morgan fingerprint density at radius 2 is 2.10 bits per heavy atom. The molecule has 0 saturated carbocycles. The molecule has 1 fully saturated rings. The van der Waals surface area contributed by atoms with Crippen molar-refractivity contribution < 1.29 is 19.6 Å². The molecule has 0 radical (unpaired) electrons. The van der Waals surface area contributed by atoms with Crippen LogP contribution in [0.15, 0.2) is 23.8 Å². The van der Waals surface area contributed by atoms with Gasteiger partial charge in [0.1, 0.15) is 5.57 Å². The zero-order chi connectivity index (χ0) is 15.7. The van der Waals surface area contributed by atoms with E-state index in [4.69, 9.17) is 12.2 Å². The number of nitrogens with one attached hydrogen (secondary N) is 1. The lowest BCUT2D eigenvalue weighted by molar-refractivity contribution is -0.385. The number of nitro benzene ring substituents is 1. The van der Waals surface area contributed by atoms with E-state index in [1.165, 1.54) is 19.2 Å². The van der Waals surface area contributed by atoms with Crippen LogP contribution >= 0.6 is 12.2 Å². The Morgan fingerprint density at radius 3 is 2.71 bits per heavy atom. The zero-order valence-electron chi connectivity index (χ0n) is 10.7. The molecule has 1 aromatic rings. The van der Waals surface area contributed by atoms with Crippen LogP contribution < -0.4 is 5.32 Å². The van der Waals surface area contributed by atoms with Crippen LogP contribution in [0.1, 0.15) is 5.56 Å². The summed E-state index contributed by atoms with van der Waals surface area (Å²) >= 11 is 4.80. The van der Waals surface area contributed by atoms with Crippen molar-refractivity contribution in [1.82, 2.24) is 10.2 Å². The minimum absolute atomic E-state index is 0.0150. The third-order valence-corrected chi connectivity index (χ3v) is 3.19. The van der Waals surface area contributed by atoms with Gasteiger partial charge in [0, 0.05) is 13.1 Å². The summed E-state index contributed by atoms with van der Waals surface area (Å²) in [4.78, 5) is 34.8. The first kappa shape index (κ1) is 14.6. The number of aromatic hydroxyl groups is 1. The third-order valence-electron chi connectivity index (χ3n) is 2.81. The minimum Gasteiger partial charge on any atom is -0.502 e. The molecule has 2 rings (SSSR count). The summed E-state index contributed by atoms with van der Waals surface area (Å²) in [5.41, 5.74) is -0.484. The number of carbonyl (C=O) groups excluding carboxylic acids is 2. The third kappa shape index (κ3) is 2.72. The molecule has 9 heteroatoms. The number of benzene rings is 1. The summed E-state index contributed by atoms with van der Waals surface area (Å²) < 4.78 is 0. The van der Waals surface area contributed by atoms with E-state index in [1.54, 1.807) is 0 Å². The Balaban J connectivity index is 2.46. The molecule has 2 N–H and O–H groups in total. The number of hydrogen-bond donors (Lipinski definition) is 2. The van der Waals surface area contributed by atoms with Crippen LogP contribution in [0, 0.1) is 10.1 Å². The standard InChI is InChI=1S/C12H9N3O5S/c1-14-11(18)7(10(17)13-12(14)21)4-6-2-3-9(16)8(5-6)15(19)20/h2-5,16H,1H3,(H,13,17,21)/b7-4+. The van der Waals surface area contributed by atoms with E-state index in [9.17, 15) is 24.8 Å². The van der Waals surface area contributed by atoms with Crippen molar-refractivity contribution in [3.05, 3.63) is 39.4 Å². The Morgan fingerprint density at radius 1 is 1.43 bits per heavy atom. The summed E-state index contributed by atoms with van der Waals surface area (Å²) in [5.74, 6) is -1.79. The van der Waals surface area contributed by atoms with Gasteiger partial charge in [-0.1, -0.05) is 6.07 Å². The summed E-state index contributed by atoms with van der Waals surface area (Å²) in [5, 5.41) is 22.4. The topological polar surface area (TPSA) is 113 Å². The average molecular weight is 307 g/mol. The van der Waals surface area contributed by atoms with Gasteiger partial charge in [-0.15, -0.1) is 0 Å². The smallest absolute Gasteiger partial charge is 0.311 e. The van der Waals surface area contributed by atoms with Gasteiger partial charge in [-0.3, -0.25) is 29.9 Å². The summed E-state index contributed by atoms with van der Waals surface area (Å²) in [6.07, 6.45) is 1.20. The van der Waals surface area contributed by atoms with Gasteiger partial charge in [-0.05, 0) is 29.9 Å². The van der Waals surface area contributed by atoms with Crippen molar-refractivity contribution in [2.24, 2.45) is 0 Å². The van der Waals surface area contributed by atoms with Crippen LogP contribution in [0.4, 0.5) is 5.69 Å². The van der Waals surface area contributed by atoms with Crippen LogP contribution in [0.5, 0.6) is 5.75 Å². The molecule has 1 saturated heterocycles. The van der Waals surface area contributed by atoms with Gasteiger partial charge in [0.25, 0.3) is 11.8 Å². The van der Waals surface area contributed by atoms with E-state index in [1.807, 2.05) is 0 Å². The molecule has 8 nitrogen and oxygen atoms in total. The highest BCUT2D eigenvalue weighted by molar-refractivity contribution is 7.80. The largest absolute Gasteiger partial charge is 0.502 e. The van der Waals surface area contributed by atoms with Gasteiger partial charge in [-0.25, -0.2) is 0 Å². The maximum Gasteiger partial charge on any atom is 0.311 e. The van der Waals surface area contributed by atoms with Crippen molar-refractivity contribution in [3.8, 4) is 5.75 Å². The summed E-state index contributed by atoms with van der Waals surface area (Å²) in [6, 6.07) is 3.53. The van der Waals surface area contributed by atoms with Gasteiger partial charge >= 0.3 is 5.69 Å². The van der Waals surface area contributed by atoms with Gasteiger partial charge in [0.2, 0.25) is 0 Å². The van der Waals surface area contributed by atoms with Crippen molar-refractivity contribution in [2.75, 3.05) is 7.05 Å². The molecule has 0 atom stereocenters. The quantitative estimate of drug-likeness (QED) is 0.271. The van der Waals surface area contributed by atoms with Crippen molar-refractivity contribution in [3.63, 3.8) is 0 Å². The molecule has 1 aliphatic heterocycles. The number of nitrogens with zero attached hydrogens (tertiary/aromatic N) is 2. The predicted octanol–water partition coefficient (Wildman–Crippen LogP) is 0.557. The van der Waals surface area contributed by atoms with Crippen LogP contribution in [0.25, 0.3) is 6.08 Å². The maximum atomic E-state index is 12.0. The maximum absolute atomic E-state index is 12.0. The molecule has 0 spiro atoms. The Labute approximate surface area is 123 Å². The van der Waals surface area contributed by atoms with Crippen molar-refractivity contribution in [1.29, 1.82) is 0 Å². The number of amides is 2. The monoisotopic (exact) mass is 307 g/mol. The number of likely N-dealkylation sites (N-methyl/N-ethyl adjacent to an activating group) is 1. The lowest BCUT2D eigenvalue weighted by Crippen LogP contribution is -2.52. The van der Waals surface area contributed by atoms with Crippen molar-refractivity contribution in [2.45, 2.75) is 0 Å². The molecule has 0 aliphatic carbocycles. The highest BCUT2D eigenvalue weighted by Crippen LogP contribution is 2.27. The van der Waals surface area contributed by atoms with E-state index in [0.29, 0.717) is 0 Å². The molecule has 0 aromatic heterocycles. The molecule has 1 aromatic carbocycles. The SMILES string of the molecule is CN1C(=O)/C(=C/c2ccc(O)c([N+](=O)[O-])c2)C(=O)NC1=S. The Bertz CT molecular complexity index is 713.